The molecule has 0 aromatic rings. The zero-order valence-electron chi connectivity index (χ0n) is 20.3. The average Bonchev–Trinajstić information content (AvgIpc) is 2.80. The zero-order valence-corrected chi connectivity index (χ0v) is 20.3. The van der Waals surface area contributed by atoms with E-state index in [1.54, 1.807) is 20.8 Å². The van der Waals surface area contributed by atoms with Crippen LogP contribution < -0.4 is 0 Å². The first-order valence-electron chi connectivity index (χ1n) is 11.9. The number of carbonyl (C=O) groups is 1. The largest absolute Gasteiger partial charge is 0.479 e. The Morgan fingerprint density at radius 1 is 0.861 bits per heavy atom. The van der Waals surface area contributed by atoms with Crippen LogP contribution >= 0.6 is 0 Å². The number of carboxylic acids is 1. The molecule has 0 aromatic carbocycles. The van der Waals surface area contributed by atoms with Crippen molar-refractivity contribution in [1.82, 2.24) is 0 Å². The van der Waals surface area contributed by atoms with Gasteiger partial charge in [0, 0.05) is 5.92 Å². The van der Waals surface area contributed by atoms with E-state index in [9.17, 15) is 50.8 Å². The Kier molecular flexibility index (Phi) is 9.35. The van der Waals surface area contributed by atoms with Gasteiger partial charge in [0.25, 0.3) is 0 Å². The van der Waals surface area contributed by atoms with Gasteiger partial charge in [-0.1, -0.05) is 20.8 Å². The summed E-state index contributed by atoms with van der Waals surface area (Å²) in [5, 5.41) is 91.2. The minimum Gasteiger partial charge on any atom is -0.479 e. The fourth-order valence-corrected chi connectivity index (χ4v) is 5.12. The van der Waals surface area contributed by atoms with E-state index in [0.29, 0.717) is 0 Å². The maximum Gasteiger partial charge on any atom is 0.335 e. The molecule has 0 spiro atoms. The van der Waals surface area contributed by atoms with Gasteiger partial charge in [0.2, 0.25) is 0 Å². The predicted octanol–water partition coefficient (Wildman–Crippen LogP) is -4.08. The zero-order chi connectivity index (χ0) is 27.1. The number of rotatable bonds is 6. The second kappa shape index (κ2) is 11.4. The molecule has 14 nitrogen and oxygen atoms in total. The van der Waals surface area contributed by atoms with Gasteiger partial charge in [0.15, 0.2) is 12.4 Å². The molecule has 0 aliphatic carbocycles. The molecule has 0 bridgehead atoms. The van der Waals surface area contributed by atoms with Gasteiger partial charge >= 0.3 is 5.97 Å². The third-order valence-corrected chi connectivity index (χ3v) is 7.09. The van der Waals surface area contributed by atoms with Crippen molar-refractivity contribution in [2.45, 2.75) is 107 Å². The van der Waals surface area contributed by atoms with E-state index >= 15 is 0 Å². The standard InChI is InChI=1S/C22H38O14/c1-22(2,3)19-7(4-9-12(26)14(28)13(27)10(5-23)34-9)17(16(30)18(35-19)20(31)32)36-21-15(29)11(25)8(24)6-33-21/h7-19,21,23-30H,4-6H2,1-3H3,(H,31,32)/t7?,8-,9+,10?,11+,12?,13+,14-,15+,16+,17-,18?,19-,21?/m1/s1. The molecule has 0 amide bonds. The predicted molar refractivity (Wildman–Crippen MR) is 116 cm³/mol. The van der Waals surface area contributed by atoms with Gasteiger partial charge in [-0.25, -0.2) is 4.79 Å². The Labute approximate surface area is 207 Å². The molecular weight excluding hydrogens is 488 g/mol. The molecule has 5 unspecified atom stereocenters. The van der Waals surface area contributed by atoms with E-state index in [-0.39, 0.29) is 6.42 Å². The van der Waals surface area contributed by atoms with Crippen molar-refractivity contribution in [1.29, 1.82) is 0 Å². The lowest BCUT2D eigenvalue weighted by atomic mass is 9.71. The molecule has 3 fully saturated rings. The summed E-state index contributed by atoms with van der Waals surface area (Å²) in [6.45, 7) is 4.19. The summed E-state index contributed by atoms with van der Waals surface area (Å²) < 4.78 is 22.5. The van der Waals surface area contributed by atoms with Crippen LogP contribution in [-0.4, -0.2) is 145 Å². The summed E-state index contributed by atoms with van der Waals surface area (Å²) in [5.41, 5.74) is -0.754. The Morgan fingerprint density at radius 2 is 1.47 bits per heavy atom. The summed E-state index contributed by atoms with van der Waals surface area (Å²) in [6.07, 6.45) is -19.6. The minimum atomic E-state index is -1.80. The van der Waals surface area contributed by atoms with Gasteiger partial charge in [0.05, 0.1) is 31.5 Å². The van der Waals surface area contributed by atoms with Gasteiger partial charge in [-0.15, -0.1) is 0 Å². The van der Waals surface area contributed by atoms with Gasteiger partial charge in [-0.3, -0.25) is 0 Å². The molecular formula is C22H38O14. The lowest BCUT2D eigenvalue weighted by molar-refractivity contribution is -0.324. The normalized spacial score (nSPS) is 48.5. The highest BCUT2D eigenvalue weighted by atomic mass is 16.7. The molecule has 3 rings (SSSR count). The third-order valence-electron chi connectivity index (χ3n) is 7.09. The lowest BCUT2D eigenvalue weighted by Gasteiger charge is -2.51. The number of carboxylic acid groups (broad SMARTS) is 1. The highest BCUT2D eigenvalue weighted by Gasteiger charge is 2.55. The number of aliphatic hydroxyl groups is 8. The molecule has 36 heavy (non-hydrogen) atoms. The molecule has 210 valence electrons. The molecule has 3 aliphatic heterocycles. The van der Waals surface area contributed by atoms with Gasteiger partial charge < -0.3 is 64.9 Å². The molecule has 3 heterocycles. The maximum atomic E-state index is 11.9. The summed E-state index contributed by atoms with van der Waals surface area (Å²) >= 11 is 0. The van der Waals surface area contributed by atoms with Gasteiger partial charge in [-0.2, -0.15) is 0 Å². The second-order valence-electron chi connectivity index (χ2n) is 10.8. The van der Waals surface area contributed by atoms with Crippen LogP contribution in [0.3, 0.4) is 0 Å². The van der Waals surface area contributed by atoms with Crippen molar-refractivity contribution in [3.8, 4) is 0 Å². The Hall–Kier alpha value is -1.01. The average molecular weight is 527 g/mol. The molecule has 0 aromatic heterocycles. The second-order valence-corrected chi connectivity index (χ2v) is 10.8. The van der Waals surface area contributed by atoms with E-state index < -0.39 is 110 Å². The van der Waals surface area contributed by atoms with Crippen LogP contribution in [0.4, 0.5) is 0 Å². The molecule has 9 N–H and O–H groups in total. The molecule has 0 saturated carbocycles. The quantitative estimate of drug-likeness (QED) is 0.160. The number of hydrogen-bond acceptors (Lipinski definition) is 13. The van der Waals surface area contributed by atoms with E-state index in [2.05, 4.69) is 0 Å². The number of hydrogen-bond donors (Lipinski definition) is 9. The topological polar surface area (TPSA) is 236 Å². The van der Waals surface area contributed by atoms with Crippen LogP contribution in [0.25, 0.3) is 0 Å². The van der Waals surface area contributed by atoms with Crippen LogP contribution in [0.15, 0.2) is 0 Å². The van der Waals surface area contributed by atoms with E-state index in [4.69, 9.17) is 18.9 Å². The van der Waals surface area contributed by atoms with Crippen LogP contribution in [0.2, 0.25) is 0 Å². The molecule has 14 heteroatoms. The third kappa shape index (κ3) is 5.85. The van der Waals surface area contributed by atoms with Crippen LogP contribution in [-0.2, 0) is 23.7 Å². The van der Waals surface area contributed by atoms with Gasteiger partial charge in [0.1, 0.15) is 48.8 Å². The summed E-state index contributed by atoms with van der Waals surface area (Å²) in [4.78, 5) is 11.9. The monoisotopic (exact) mass is 526 g/mol. The molecule has 0 radical (unpaired) electrons. The van der Waals surface area contributed by atoms with Crippen LogP contribution in [0, 0.1) is 11.3 Å². The number of ether oxygens (including phenoxy) is 4. The Balaban J connectivity index is 1.96. The van der Waals surface area contributed by atoms with Crippen molar-refractivity contribution >= 4 is 5.97 Å². The molecule has 14 atom stereocenters. The van der Waals surface area contributed by atoms with E-state index in [1.165, 1.54) is 0 Å². The van der Waals surface area contributed by atoms with Gasteiger partial charge in [-0.05, 0) is 11.8 Å². The maximum absolute atomic E-state index is 11.9. The van der Waals surface area contributed by atoms with E-state index in [0.717, 1.165) is 0 Å². The van der Waals surface area contributed by atoms with Crippen molar-refractivity contribution in [3.63, 3.8) is 0 Å². The number of aliphatic carboxylic acids is 1. The summed E-state index contributed by atoms with van der Waals surface area (Å²) in [7, 11) is 0. The Morgan fingerprint density at radius 3 is 2.03 bits per heavy atom. The SMILES string of the molecule is CC(C)(C)[C@@H]1OC(C(=O)O)[C@@H](O)[C@H](OC2OC[C@@H](O)[C@H](O)[C@@H]2O)C1C[C@@H]1OC(CO)[C@H](O)[C@H](O)C1O. The van der Waals surface area contributed by atoms with Crippen molar-refractivity contribution < 1.29 is 69.7 Å². The first-order chi connectivity index (χ1) is 16.7. The van der Waals surface area contributed by atoms with Crippen molar-refractivity contribution in [2.75, 3.05) is 13.2 Å². The number of aliphatic hydroxyl groups excluding tert-OH is 8. The molecule has 3 aliphatic rings. The molecule has 3 saturated heterocycles. The van der Waals surface area contributed by atoms with Crippen LogP contribution in [0.1, 0.15) is 27.2 Å². The summed E-state index contributed by atoms with van der Waals surface area (Å²) in [6, 6.07) is 0. The van der Waals surface area contributed by atoms with Crippen molar-refractivity contribution in [2.24, 2.45) is 11.3 Å². The first-order valence-corrected chi connectivity index (χ1v) is 11.9. The minimum absolute atomic E-state index is 0.189. The lowest BCUT2D eigenvalue weighted by Crippen LogP contribution is -2.65. The smallest absolute Gasteiger partial charge is 0.335 e. The fraction of sp³-hybridized carbons (Fsp3) is 0.955. The van der Waals surface area contributed by atoms with Crippen molar-refractivity contribution in [3.05, 3.63) is 0 Å². The summed E-state index contributed by atoms with van der Waals surface area (Å²) in [5.74, 6) is -2.41. The van der Waals surface area contributed by atoms with E-state index in [1.807, 2.05) is 0 Å². The highest BCUT2D eigenvalue weighted by molar-refractivity contribution is 5.73. The van der Waals surface area contributed by atoms with Crippen LogP contribution in [0.5, 0.6) is 0 Å². The Bertz CT molecular complexity index is 743. The highest BCUT2D eigenvalue weighted by Crippen LogP contribution is 2.42. The first kappa shape index (κ1) is 29.5. The fourth-order valence-electron chi connectivity index (χ4n) is 5.12.